The van der Waals surface area contributed by atoms with Crippen LogP contribution in [0.3, 0.4) is 0 Å². The first-order valence-corrected chi connectivity index (χ1v) is 7.67. The van der Waals surface area contributed by atoms with Gasteiger partial charge in [0.15, 0.2) is 0 Å². The maximum atomic E-state index is 13.7. The summed E-state index contributed by atoms with van der Waals surface area (Å²) in [5.41, 5.74) is 0. The second-order valence-corrected chi connectivity index (χ2v) is 6.80. The summed E-state index contributed by atoms with van der Waals surface area (Å²) >= 11 is 5.60. The summed E-state index contributed by atoms with van der Waals surface area (Å²) in [4.78, 5) is 10.3. The van der Waals surface area contributed by atoms with Crippen molar-refractivity contribution in [1.82, 2.24) is 4.31 Å². The highest BCUT2D eigenvalue weighted by atomic mass is 35.5. The van der Waals surface area contributed by atoms with Gasteiger partial charge >= 0.3 is 0 Å². The first-order valence-electron chi connectivity index (χ1n) is 5.85. The van der Waals surface area contributed by atoms with E-state index in [2.05, 4.69) is 0 Å². The zero-order valence-electron chi connectivity index (χ0n) is 10.1. The molecule has 1 heterocycles. The van der Waals surface area contributed by atoms with Gasteiger partial charge in [0, 0.05) is 24.0 Å². The van der Waals surface area contributed by atoms with Gasteiger partial charge in [-0.2, -0.15) is 4.31 Å². The fourth-order valence-corrected chi connectivity index (χ4v) is 3.75. The third-order valence-corrected chi connectivity index (χ3v) is 5.37. The first kappa shape index (κ1) is 14.4. The van der Waals surface area contributed by atoms with Crippen molar-refractivity contribution >= 4 is 27.9 Å². The Labute approximate surface area is 116 Å². The van der Waals surface area contributed by atoms with Crippen molar-refractivity contribution in [3.8, 4) is 0 Å². The van der Waals surface area contributed by atoms with Crippen molar-refractivity contribution in [2.45, 2.75) is 17.7 Å². The van der Waals surface area contributed by atoms with Crippen molar-refractivity contribution in [2.75, 3.05) is 13.1 Å². The summed E-state index contributed by atoms with van der Waals surface area (Å²) < 4.78 is 39.4. The van der Waals surface area contributed by atoms with Crippen LogP contribution in [0.15, 0.2) is 23.1 Å². The number of sulfonamides is 1. The van der Waals surface area contributed by atoms with E-state index < -0.39 is 15.8 Å². The van der Waals surface area contributed by atoms with E-state index in [1.54, 1.807) is 0 Å². The van der Waals surface area contributed by atoms with Crippen molar-refractivity contribution in [1.29, 1.82) is 0 Å². The molecule has 0 saturated carbocycles. The van der Waals surface area contributed by atoms with Crippen molar-refractivity contribution in [3.63, 3.8) is 0 Å². The van der Waals surface area contributed by atoms with Crippen LogP contribution in [0, 0.1) is 11.7 Å². The molecule has 0 radical (unpaired) electrons. The van der Waals surface area contributed by atoms with Crippen LogP contribution in [0.1, 0.15) is 12.8 Å². The molecule has 2 rings (SSSR count). The van der Waals surface area contributed by atoms with E-state index >= 15 is 0 Å². The summed E-state index contributed by atoms with van der Waals surface area (Å²) in [6.07, 6.45) is 1.78. The maximum absolute atomic E-state index is 13.7. The van der Waals surface area contributed by atoms with Gasteiger partial charge in [0.2, 0.25) is 10.0 Å². The van der Waals surface area contributed by atoms with Crippen LogP contribution in [0.25, 0.3) is 0 Å². The molecule has 1 saturated heterocycles. The highest BCUT2D eigenvalue weighted by molar-refractivity contribution is 7.89. The van der Waals surface area contributed by atoms with Crippen molar-refractivity contribution < 1.29 is 17.6 Å². The second-order valence-electron chi connectivity index (χ2n) is 4.45. The Hall–Kier alpha value is -0.980. The molecule has 1 aliphatic heterocycles. The van der Waals surface area contributed by atoms with Gasteiger partial charge in [-0.1, -0.05) is 11.6 Å². The van der Waals surface area contributed by atoms with E-state index in [0.717, 1.165) is 12.4 Å². The van der Waals surface area contributed by atoms with Gasteiger partial charge in [-0.3, -0.25) is 0 Å². The average Bonchev–Trinajstić information content (AvgIpc) is 2.38. The van der Waals surface area contributed by atoms with Gasteiger partial charge in [0.1, 0.15) is 17.0 Å². The molecule has 0 aromatic heterocycles. The van der Waals surface area contributed by atoms with Gasteiger partial charge in [-0.15, -0.1) is 0 Å². The van der Waals surface area contributed by atoms with Gasteiger partial charge in [0.25, 0.3) is 0 Å². The Morgan fingerprint density at radius 3 is 2.47 bits per heavy atom. The lowest BCUT2D eigenvalue weighted by Crippen LogP contribution is -2.39. The Morgan fingerprint density at radius 1 is 1.32 bits per heavy atom. The molecule has 1 aromatic carbocycles. The van der Waals surface area contributed by atoms with Crippen LogP contribution in [0.4, 0.5) is 4.39 Å². The lowest BCUT2D eigenvalue weighted by Gasteiger charge is -2.28. The number of hydrogen-bond donors (Lipinski definition) is 0. The van der Waals surface area contributed by atoms with E-state index in [0.29, 0.717) is 12.8 Å². The Balaban J connectivity index is 2.25. The highest BCUT2D eigenvalue weighted by Crippen LogP contribution is 2.26. The number of nitrogens with zero attached hydrogens (tertiary/aromatic N) is 1. The molecule has 104 valence electrons. The van der Waals surface area contributed by atoms with Crippen molar-refractivity contribution in [2.24, 2.45) is 5.92 Å². The molecule has 19 heavy (non-hydrogen) atoms. The van der Waals surface area contributed by atoms with E-state index in [1.165, 1.54) is 16.4 Å². The fraction of sp³-hybridized carbons (Fsp3) is 0.417. The van der Waals surface area contributed by atoms with Crippen LogP contribution >= 0.6 is 11.6 Å². The molecule has 1 aliphatic rings. The maximum Gasteiger partial charge on any atom is 0.245 e. The molecule has 0 amide bonds. The van der Waals surface area contributed by atoms with Crippen LogP contribution in [0.5, 0.6) is 0 Å². The molecule has 1 aromatic rings. The van der Waals surface area contributed by atoms with Crippen LogP contribution in [-0.2, 0) is 14.8 Å². The van der Waals surface area contributed by atoms with Crippen molar-refractivity contribution in [3.05, 3.63) is 29.0 Å². The number of halogens is 2. The van der Waals surface area contributed by atoms with E-state index in [-0.39, 0.29) is 28.9 Å². The molecule has 0 N–H and O–H groups in total. The highest BCUT2D eigenvalue weighted by Gasteiger charge is 2.31. The molecule has 4 nitrogen and oxygen atoms in total. The molecular formula is C12H13ClFNO3S. The molecule has 7 heteroatoms. The normalized spacial score (nSPS) is 18.4. The second kappa shape index (κ2) is 5.56. The zero-order valence-corrected chi connectivity index (χ0v) is 11.6. The number of hydrogen-bond acceptors (Lipinski definition) is 3. The molecule has 1 fully saturated rings. The predicted molar refractivity (Wildman–Crippen MR) is 69.0 cm³/mol. The molecule has 0 aliphatic carbocycles. The fourth-order valence-electron chi connectivity index (χ4n) is 2.08. The van der Waals surface area contributed by atoms with E-state index in [1.807, 2.05) is 0 Å². The monoisotopic (exact) mass is 305 g/mol. The van der Waals surface area contributed by atoms with Crippen LogP contribution in [0.2, 0.25) is 5.02 Å². The number of rotatable bonds is 3. The molecule has 0 spiro atoms. The van der Waals surface area contributed by atoms with Crippen LogP contribution in [-0.4, -0.2) is 32.1 Å². The minimum absolute atomic E-state index is 0.110. The number of carbonyl (C=O) groups is 1. The van der Waals surface area contributed by atoms with Gasteiger partial charge < -0.3 is 4.79 Å². The minimum Gasteiger partial charge on any atom is -0.303 e. The standard InChI is InChI=1S/C12H13ClFNO3S/c13-10-1-2-12(11(14)7-10)19(17,18)15-5-3-9(8-16)4-6-15/h1-2,7-9H,3-6H2. The molecule has 0 atom stereocenters. The number of benzene rings is 1. The smallest absolute Gasteiger partial charge is 0.245 e. The quantitative estimate of drug-likeness (QED) is 0.803. The summed E-state index contributed by atoms with van der Waals surface area (Å²) in [6.45, 7) is 0.460. The third kappa shape index (κ3) is 2.96. The Kier molecular flexibility index (Phi) is 4.23. The van der Waals surface area contributed by atoms with Gasteiger partial charge in [-0.05, 0) is 31.0 Å². The average molecular weight is 306 g/mol. The summed E-state index contributed by atoms with van der Waals surface area (Å²) in [7, 11) is -3.86. The summed E-state index contributed by atoms with van der Waals surface area (Å²) in [6, 6.07) is 3.49. The molecular weight excluding hydrogens is 293 g/mol. The summed E-state index contributed by atoms with van der Waals surface area (Å²) in [5.74, 6) is -0.966. The number of aldehydes is 1. The SMILES string of the molecule is O=CC1CCN(S(=O)(=O)c2ccc(Cl)cc2F)CC1. The van der Waals surface area contributed by atoms with E-state index in [4.69, 9.17) is 11.6 Å². The number of carbonyl (C=O) groups excluding carboxylic acids is 1. The first-order chi connectivity index (χ1) is 8.95. The van der Waals surface area contributed by atoms with Gasteiger partial charge in [0.05, 0.1) is 0 Å². The summed E-state index contributed by atoms with van der Waals surface area (Å²) in [5, 5.41) is 0.149. The van der Waals surface area contributed by atoms with E-state index in [9.17, 15) is 17.6 Å². The topological polar surface area (TPSA) is 54.5 Å². The predicted octanol–water partition coefficient (Wildman–Crippen LogP) is 2.08. The van der Waals surface area contributed by atoms with Gasteiger partial charge in [-0.25, -0.2) is 12.8 Å². The minimum atomic E-state index is -3.86. The number of piperidine rings is 1. The Bertz CT molecular complexity index is 583. The molecule has 0 unspecified atom stereocenters. The zero-order chi connectivity index (χ0) is 14.0. The Morgan fingerprint density at radius 2 is 1.95 bits per heavy atom. The largest absolute Gasteiger partial charge is 0.303 e. The lowest BCUT2D eigenvalue weighted by atomic mass is 10.0. The lowest BCUT2D eigenvalue weighted by molar-refractivity contribution is -0.112. The van der Waals surface area contributed by atoms with Crippen LogP contribution < -0.4 is 0 Å². The molecule has 0 bridgehead atoms. The third-order valence-electron chi connectivity index (χ3n) is 3.20.